The normalized spacial score (nSPS) is 31.5. The molecule has 3 aliphatic heterocycles. The van der Waals surface area contributed by atoms with Gasteiger partial charge in [0.1, 0.15) is 42.5 Å². The first-order valence-corrected chi connectivity index (χ1v) is 12.9. The SMILES string of the molecule is CC1=CN([C@H]2C[C@H](OP(=O)(O)OC[C@@H]3C=C[C@H](n4cnc5c(N)ncnc54)O3)[C@@H](CO)O2)C(=O)NC1N. The van der Waals surface area contributed by atoms with Gasteiger partial charge in [-0.15, -0.1) is 0 Å². The second-order valence-electron chi connectivity index (χ2n) is 8.70. The molecule has 37 heavy (non-hydrogen) atoms. The van der Waals surface area contributed by atoms with Crippen LogP contribution in [0.2, 0.25) is 0 Å². The van der Waals surface area contributed by atoms with Gasteiger partial charge in [-0.1, -0.05) is 6.08 Å². The second kappa shape index (κ2) is 10.1. The van der Waals surface area contributed by atoms with Crippen LogP contribution in [0.5, 0.6) is 0 Å². The van der Waals surface area contributed by atoms with Gasteiger partial charge in [-0.25, -0.2) is 24.3 Å². The highest BCUT2D eigenvalue weighted by atomic mass is 31.2. The van der Waals surface area contributed by atoms with Crippen molar-refractivity contribution in [3.63, 3.8) is 0 Å². The van der Waals surface area contributed by atoms with Gasteiger partial charge in [0.15, 0.2) is 17.7 Å². The van der Waals surface area contributed by atoms with Gasteiger partial charge in [0.25, 0.3) is 0 Å². The summed E-state index contributed by atoms with van der Waals surface area (Å²) in [5.74, 6) is 0.235. The number of rotatable bonds is 8. The van der Waals surface area contributed by atoms with Gasteiger partial charge in [-0.2, -0.15) is 0 Å². The Morgan fingerprint density at radius 2 is 2.11 bits per heavy atom. The number of anilines is 1. The van der Waals surface area contributed by atoms with Gasteiger partial charge in [0, 0.05) is 12.6 Å². The quantitative estimate of drug-likeness (QED) is 0.215. The second-order valence-corrected chi connectivity index (χ2v) is 10.1. The van der Waals surface area contributed by atoms with Crippen LogP contribution in [0.25, 0.3) is 11.2 Å². The first-order chi connectivity index (χ1) is 17.6. The van der Waals surface area contributed by atoms with Crippen LogP contribution < -0.4 is 16.8 Å². The minimum atomic E-state index is -4.59. The van der Waals surface area contributed by atoms with Crippen molar-refractivity contribution in [2.75, 3.05) is 18.9 Å². The monoisotopic (exact) mass is 538 g/mol. The minimum Gasteiger partial charge on any atom is -0.394 e. The number of amides is 2. The summed E-state index contributed by atoms with van der Waals surface area (Å²) < 4.78 is 36.3. The first-order valence-electron chi connectivity index (χ1n) is 11.4. The Hall–Kier alpha value is -2.95. The Labute approximate surface area is 210 Å². The summed E-state index contributed by atoms with van der Waals surface area (Å²) in [5.41, 5.74) is 13.2. The topological polar surface area (TPSA) is 222 Å². The molecular weight excluding hydrogens is 511 g/mol. The molecule has 200 valence electrons. The van der Waals surface area contributed by atoms with Crippen LogP contribution in [0.15, 0.2) is 36.6 Å². The zero-order valence-electron chi connectivity index (χ0n) is 19.7. The summed E-state index contributed by atoms with van der Waals surface area (Å²) in [5, 5.41) is 12.3. The molecule has 5 rings (SSSR count). The Balaban J connectivity index is 1.17. The number of nitrogens with one attached hydrogen (secondary N) is 1. The number of nitrogens with two attached hydrogens (primary N) is 2. The van der Waals surface area contributed by atoms with Crippen molar-refractivity contribution in [1.29, 1.82) is 0 Å². The summed E-state index contributed by atoms with van der Waals surface area (Å²) in [6.07, 6.45) is 3.07. The molecule has 0 bridgehead atoms. The fourth-order valence-electron chi connectivity index (χ4n) is 4.21. The van der Waals surface area contributed by atoms with Gasteiger partial charge < -0.3 is 36.3 Å². The third-order valence-corrected chi connectivity index (χ3v) is 7.17. The molecule has 0 spiro atoms. The van der Waals surface area contributed by atoms with E-state index in [-0.39, 0.29) is 18.8 Å². The molecule has 0 aromatic carbocycles. The number of urea groups is 1. The summed E-state index contributed by atoms with van der Waals surface area (Å²) in [6.45, 7) is 0.948. The van der Waals surface area contributed by atoms with E-state index in [0.717, 1.165) is 0 Å². The molecule has 2 aromatic rings. The van der Waals surface area contributed by atoms with Crippen molar-refractivity contribution in [2.45, 2.75) is 50.3 Å². The van der Waals surface area contributed by atoms with Crippen LogP contribution in [-0.4, -0.2) is 84.4 Å². The first kappa shape index (κ1) is 25.7. The number of nitrogen functional groups attached to an aromatic ring is 1. The lowest BCUT2D eigenvalue weighted by Crippen LogP contribution is -2.54. The Morgan fingerprint density at radius 1 is 1.30 bits per heavy atom. The summed E-state index contributed by atoms with van der Waals surface area (Å²) in [7, 11) is -4.59. The molecule has 7 N–H and O–H groups in total. The Kier molecular flexibility index (Phi) is 6.99. The third-order valence-electron chi connectivity index (χ3n) is 6.15. The molecule has 2 unspecified atom stereocenters. The van der Waals surface area contributed by atoms with E-state index >= 15 is 0 Å². The molecule has 2 aromatic heterocycles. The Bertz CT molecular complexity index is 1290. The van der Waals surface area contributed by atoms with Gasteiger partial charge in [-0.3, -0.25) is 18.5 Å². The number of aliphatic hydroxyl groups is 1. The third kappa shape index (κ3) is 5.23. The van der Waals surface area contributed by atoms with E-state index in [2.05, 4.69) is 20.3 Å². The van der Waals surface area contributed by atoms with Crippen LogP contribution in [0.4, 0.5) is 10.6 Å². The number of carbonyl (C=O) groups excluding carboxylic acids is 1. The molecule has 16 nitrogen and oxygen atoms in total. The van der Waals surface area contributed by atoms with Crippen molar-refractivity contribution in [2.24, 2.45) is 5.73 Å². The van der Waals surface area contributed by atoms with E-state index in [0.29, 0.717) is 16.7 Å². The van der Waals surface area contributed by atoms with E-state index < -0.39 is 57.4 Å². The number of phosphoric acid groups is 1. The lowest BCUT2D eigenvalue weighted by atomic mass is 10.1. The van der Waals surface area contributed by atoms with Crippen molar-refractivity contribution < 1.29 is 37.9 Å². The summed E-state index contributed by atoms with van der Waals surface area (Å²) in [6, 6.07) is -0.497. The Morgan fingerprint density at radius 3 is 2.89 bits per heavy atom. The number of ether oxygens (including phenoxy) is 2. The summed E-state index contributed by atoms with van der Waals surface area (Å²) in [4.78, 5) is 36.2. The zero-order valence-corrected chi connectivity index (χ0v) is 20.5. The highest BCUT2D eigenvalue weighted by molar-refractivity contribution is 7.47. The average Bonchev–Trinajstić information content (AvgIpc) is 3.58. The molecule has 5 heterocycles. The lowest BCUT2D eigenvalue weighted by Gasteiger charge is -2.32. The maximum absolute atomic E-state index is 12.7. The van der Waals surface area contributed by atoms with E-state index in [1.165, 1.54) is 23.8 Å². The summed E-state index contributed by atoms with van der Waals surface area (Å²) >= 11 is 0. The average molecular weight is 538 g/mol. The van der Waals surface area contributed by atoms with Gasteiger partial charge >= 0.3 is 13.9 Å². The van der Waals surface area contributed by atoms with Crippen LogP contribution in [0.3, 0.4) is 0 Å². The minimum absolute atomic E-state index is 0.0200. The molecule has 1 saturated heterocycles. The van der Waals surface area contributed by atoms with Crippen molar-refractivity contribution >= 4 is 30.8 Å². The largest absolute Gasteiger partial charge is 0.472 e. The van der Waals surface area contributed by atoms with E-state index in [1.807, 2.05) is 0 Å². The van der Waals surface area contributed by atoms with Crippen LogP contribution in [0, 0.1) is 0 Å². The standard InChI is InChI=1S/C20H27N8O8P/c1-10-5-27(20(30)26-17(10)21)15-4-12(13(6-29)35-15)36-37(31,32)33-7-11-2-3-14(34-11)28-9-25-16-18(22)23-8-24-19(16)28/h2-3,5,8-9,11-15,17,29H,4,6-7,21H2,1H3,(H,26,30)(H,31,32)(H2,22,23,24)/t11-,12-,13+,14+,15+,17?/m0/s1. The van der Waals surface area contributed by atoms with E-state index in [4.69, 9.17) is 30.0 Å². The van der Waals surface area contributed by atoms with Crippen LogP contribution >= 0.6 is 7.82 Å². The fraction of sp³-hybridized carbons (Fsp3) is 0.500. The molecule has 1 fully saturated rings. The highest BCUT2D eigenvalue weighted by Crippen LogP contribution is 2.48. The smallest absolute Gasteiger partial charge is 0.394 e. The number of hydrogen-bond donors (Lipinski definition) is 5. The van der Waals surface area contributed by atoms with Crippen molar-refractivity contribution in [3.8, 4) is 0 Å². The molecule has 2 amide bonds. The van der Waals surface area contributed by atoms with Crippen LogP contribution in [-0.2, 0) is 23.1 Å². The molecule has 0 aliphatic carbocycles. The van der Waals surface area contributed by atoms with Crippen molar-refractivity contribution in [3.05, 3.63) is 36.6 Å². The number of hydrogen-bond acceptors (Lipinski definition) is 12. The highest BCUT2D eigenvalue weighted by Gasteiger charge is 2.44. The molecule has 3 aliphatic rings. The van der Waals surface area contributed by atoms with Gasteiger partial charge in [0.2, 0.25) is 0 Å². The van der Waals surface area contributed by atoms with Gasteiger partial charge in [-0.05, 0) is 18.6 Å². The molecule has 0 saturated carbocycles. The maximum atomic E-state index is 12.7. The van der Waals surface area contributed by atoms with Crippen molar-refractivity contribution in [1.82, 2.24) is 29.7 Å². The maximum Gasteiger partial charge on any atom is 0.472 e. The lowest BCUT2D eigenvalue weighted by molar-refractivity contribution is -0.0564. The molecular formula is C20H27N8O8P. The van der Waals surface area contributed by atoms with E-state index in [9.17, 15) is 19.4 Å². The predicted octanol–water partition coefficient (Wildman–Crippen LogP) is -0.315. The number of nitrogens with zero attached hydrogens (tertiary/aromatic N) is 5. The van der Waals surface area contributed by atoms with Gasteiger partial charge in [0.05, 0.1) is 19.5 Å². The van der Waals surface area contributed by atoms with E-state index in [1.54, 1.807) is 23.6 Å². The molecule has 17 heteroatoms. The number of aliphatic hydroxyl groups excluding tert-OH is 1. The number of fused-ring (bicyclic) bond motifs is 1. The predicted molar refractivity (Wildman–Crippen MR) is 126 cm³/mol. The number of carbonyl (C=O) groups is 1. The fourth-order valence-corrected chi connectivity index (χ4v) is 5.17. The zero-order chi connectivity index (χ0) is 26.3. The number of phosphoric ester groups is 1. The molecule has 0 radical (unpaired) electrons. The number of aromatic nitrogens is 4. The molecule has 7 atom stereocenters. The number of imidazole rings is 1. The van der Waals surface area contributed by atoms with Crippen LogP contribution in [0.1, 0.15) is 19.6 Å².